The van der Waals surface area contributed by atoms with E-state index in [-0.39, 0.29) is 28.1 Å². The van der Waals surface area contributed by atoms with E-state index in [9.17, 15) is 22.8 Å². The van der Waals surface area contributed by atoms with Gasteiger partial charge in [0.2, 0.25) is 0 Å². The average Bonchev–Trinajstić information content (AvgIpc) is 3.32. The van der Waals surface area contributed by atoms with E-state index in [1.165, 1.54) is 4.68 Å². The van der Waals surface area contributed by atoms with Crippen molar-refractivity contribution in [2.45, 2.75) is 31.6 Å². The number of amides is 1. The molecule has 13 heteroatoms. The molecule has 2 aromatic carbocycles. The number of nitrogens with zero attached hydrogens (tertiary/aromatic N) is 4. The largest absolute Gasteiger partial charge is 0.410 e. The van der Waals surface area contributed by atoms with Gasteiger partial charge >= 0.3 is 6.18 Å². The maximum atomic E-state index is 14.1. The van der Waals surface area contributed by atoms with Gasteiger partial charge in [0, 0.05) is 17.9 Å². The zero-order valence-electron chi connectivity index (χ0n) is 20.1. The predicted molar refractivity (Wildman–Crippen MR) is 144 cm³/mol. The third kappa shape index (κ3) is 4.57. The number of anilines is 2. The third-order valence-electron chi connectivity index (χ3n) is 6.58. The van der Waals surface area contributed by atoms with Crippen LogP contribution in [0.1, 0.15) is 40.3 Å². The van der Waals surface area contributed by atoms with Crippen molar-refractivity contribution in [2.75, 3.05) is 10.6 Å². The molecular weight excluding hydrogens is 633 g/mol. The minimum absolute atomic E-state index is 0.00675. The van der Waals surface area contributed by atoms with E-state index in [1.54, 1.807) is 67.2 Å². The van der Waals surface area contributed by atoms with Crippen LogP contribution in [0.3, 0.4) is 0 Å². The molecule has 0 bridgehead atoms. The first-order chi connectivity index (χ1) is 18.0. The molecular formula is C25H21Br2F3N6O2. The summed E-state index contributed by atoms with van der Waals surface area (Å²) in [6.45, 7) is 1.66. The predicted octanol–water partition coefficient (Wildman–Crippen LogP) is 6.12. The number of rotatable bonds is 4. The highest BCUT2D eigenvalue weighted by atomic mass is 79.9. The molecule has 2 atom stereocenters. The smallest absolute Gasteiger partial charge is 0.362 e. The third-order valence-corrected chi connectivity index (χ3v) is 7.86. The molecule has 4 aromatic rings. The van der Waals surface area contributed by atoms with Crippen LogP contribution in [0.2, 0.25) is 0 Å². The van der Waals surface area contributed by atoms with Crippen LogP contribution in [0, 0.1) is 6.92 Å². The monoisotopic (exact) mass is 652 g/mol. The summed E-state index contributed by atoms with van der Waals surface area (Å²) in [6, 6.07) is 13.2. The Balaban J connectivity index is 1.51. The number of benzene rings is 2. The second-order valence-electron chi connectivity index (χ2n) is 8.89. The van der Waals surface area contributed by atoms with Crippen molar-refractivity contribution in [2.24, 2.45) is 7.05 Å². The minimum atomic E-state index is -4.61. The Morgan fingerprint density at radius 3 is 2.39 bits per heavy atom. The van der Waals surface area contributed by atoms with Gasteiger partial charge in [0.1, 0.15) is 11.5 Å². The summed E-state index contributed by atoms with van der Waals surface area (Å²) >= 11 is 6.61. The highest BCUT2D eigenvalue weighted by Gasteiger charge is 2.47. The number of aromatic nitrogens is 4. The number of nitrogens with one attached hydrogen (secondary N) is 2. The van der Waals surface area contributed by atoms with E-state index < -0.39 is 29.7 Å². The van der Waals surface area contributed by atoms with Crippen LogP contribution >= 0.6 is 31.9 Å². The van der Waals surface area contributed by atoms with E-state index in [4.69, 9.17) is 0 Å². The lowest BCUT2D eigenvalue weighted by Gasteiger charge is -2.33. The van der Waals surface area contributed by atoms with Gasteiger partial charge < -0.3 is 10.6 Å². The van der Waals surface area contributed by atoms with Crippen LogP contribution in [0.15, 0.2) is 68.3 Å². The summed E-state index contributed by atoms with van der Waals surface area (Å²) < 4.78 is 47.0. The van der Waals surface area contributed by atoms with E-state index in [1.807, 2.05) is 6.07 Å². The second kappa shape index (κ2) is 9.77. The quantitative estimate of drug-likeness (QED) is 0.278. The van der Waals surface area contributed by atoms with Crippen LogP contribution in [-0.4, -0.2) is 31.2 Å². The van der Waals surface area contributed by atoms with E-state index >= 15 is 0 Å². The summed E-state index contributed by atoms with van der Waals surface area (Å²) in [7, 11) is 1.67. The Kier molecular flexibility index (Phi) is 6.76. The van der Waals surface area contributed by atoms with E-state index in [0.717, 1.165) is 9.15 Å². The molecule has 1 aliphatic heterocycles. The van der Waals surface area contributed by atoms with Crippen LogP contribution in [-0.2, 0) is 7.05 Å². The van der Waals surface area contributed by atoms with Crippen molar-refractivity contribution in [3.05, 3.63) is 90.8 Å². The van der Waals surface area contributed by atoms with Crippen molar-refractivity contribution in [3.8, 4) is 5.69 Å². The maximum Gasteiger partial charge on any atom is 0.410 e. The first-order valence-corrected chi connectivity index (χ1v) is 13.1. The van der Waals surface area contributed by atoms with Gasteiger partial charge in [-0.25, -0.2) is 9.36 Å². The fraction of sp³-hybridized carbons (Fsp3) is 0.240. The molecule has 2 unspecified atom stereocenters. The number of hydrogen-bond acceptors (Lipinski definition) is 4. The Morgan fingerprint density at radius 2 is 1.76 bits per heavy atom. The molecule has 0 spiro atoms. The van der Waals surface area contributed by atoms with Crippen LogP contribution in [0.25, 0.3) is 5.69 Å². The van der Waals surface area contributed by atoms with Crippen molar-refractivity contribution in [1.29, 1.82) is 0 Å². The van der Waals surface area contributed by atoms with Gasteiger partial charge in [-0.3, -0.25) is 14.3 Å². The highest BCUT2D eigenvalue weighted by molar-refractivity contribution is 9.11. The lowest BCUT2D eigenvalue weighted by Crippen LogP contribution is -2.35. The van der Waals surface area contributed by atoms with Crippen LogP contribution < -0.4 is 16.2 Å². The van der Waals surface area contributed by atoms with E-state index in [0.29, 0.717) is 16.9 Å². The lowest BCUT2D eigenvalue weighted by molar-refractivity contribution is -0.173. The lowest BCUT2D eigenvalue weighted by atomic mass is 9.97. The van der Waals surface area contributed by atoms with Gasteiger partial charge in [-0.1, -0.05) is 46.3 Å². The van der Waals surface area contributed by atoms with Crippen LogP contribution in [0.5, 0.6) is 0 Å². The number of hydrogen-bond donors (Lipinski definition) is 2. The topological polar surface area (TPSA) is 85.9 Å². The summed E-state index contributed by atoms with van der Waals surface area (Å²) in [5, 5.41) is 9.69. The minimum Gasteiger partial charge on any atom is -0.362 e. The molecule has 38 heavy (non-hydrogen) atoms. The molecule has 5 rings (SSSR count). The standard InChI is InChI=1S/C25H21Br2F3N6O2/c1-13-20(24(38)36(34(13)2)16-6-4-3-5-7-16)32-23(37)21-19(27)22-31-17(14-8-10-15(26)11-9-14)12-18(25(28,29)30)35(22)33-21/h3-11,17-18,31H,12H2,1-2H3,(H,32,37). The van der Waals surface area contributed by atoms with Gasteiger partial charge in [-0.15, -0.1) is 0 Å². The van der Waals surface area contributed by atoms with Gasteiger partial charge in [0.15, 0.2) is 11.7 Å². The molecule has 2 N–H and O–H groups in total. The number of carbonyl (C=O) groups excluding carboxylic acids is 1. The second-order valence-corrected chi connectivity index (χ2v) is 10.6. The molecule has 1 aliphatic rings. The summed E-state index contributed by atoms with van der Waals surface area (Å²) in [5.41, 5.74) is 0.979. The van der Waals surface area contributed by atoms with Gasteiger partial charge in [0.05, 0.1) is 21.9 Å². The van der Waals surface area contributed by atoms with Crippen molar-refractivity contribution in [1.82, 2.24) is 19.1 Å². The highest BCUT2D eigenvalue weighted by Crippen LogP contribution is 2.46. The molecule has 0 aliphatic carbocycles. The Bertz CT molecular complexity index is 1580. The number of fused-ring (bicyclic) bond motifs is 1. The normalized spacial score (nSPS) is 17.1. The van der Waals surface area contributed by atoms with Gasteiger partial charge in [-0.05, 0) is 52.7 Å². The first kappa shape index (κ1) is 26.3. The number of para-hydroxylation sites is 1. The first-order valence-electron chi connectivity index (χ1n) is 11.5. The number of carbonyl (C=O) groups is 1. The molecule has 1 amide bonds. The Hall–Kier alpha value is -3.32. The molecule has 198 valence electrons. The molecule has 8 nitrogen and oxygen atoms in total. The fourth-order valence-electron chi connectivity index (χ4n) is 4.53. The zero-order valence-corrected chi connectivity index (χ0v) is 23.2. The SMILES string of the molecule is Cc1c(NC(=O)c2nn3c(c2Br)NC(c2ccc(Br)cc2)CC3C(F)(F)F)c(=O)n(-c2ccccc2)n1C. The molecule has 0 fully saturated rings. The molecule has 3 heterocycles. The fourth-order valence-corrected chi connectivity index (χ4v) is 5.35. The summed E-state index contributed by atoms with van der Waals surface area (Å²) in [4.78, 5) is 26.5. The van der Waals surface area contributed by atoms with Crippen LogP contribution in [0.4, 0.5) is 24.7 Å². The molecule has 0 saturated heterocycles. The Labute approximate surface area is 231 Å². The van der Waals surface area contributed by atoms with E-state index in [2.05, 4.69) is 47.6 Å². The number of halogens is 5. The van der Waals surface area contributed by atoms with Gasteiger partial charge in [-0.2, -0.15) is 18.3 Å². The summed E-state index contributed by atoms with van der Waals surface area (Å²) in [5.74, 6) is -0.782. The van der Waals surface area contributed by atoms with Gasteiger partial charge in [0.25, 0.3) is 11.5 Å². The number of alkyl halides is 3. The molecule has 2 aromatic heterocycles. The summed E-state index contributed by atoms with van der Waals surface area (Å²) in [6.07, 6.45) is -4.92. The molecule has 0 saturated carbocycles. The zero-order chi connectivity index (χ0) is 27.4. The average molecular weight is 654 g/mol. The Morgan fingerprint density at radius 1 is 1.11 bits per heavy atom. The molecule has 0 radical (unpaired) electrons. The maximum absolute atomic E-state index is 14.1. The van der Waals surface area contributed by atoms with Crippen molar-refractivity contribution < 1.29 is 18.0 Å². The van der Waals surface area contributed by atoms with Crippen molar-refractivity contribution in [3.63, 3.8) is 0 Å². The van der Waals surface area contributed by atoms with Crippen molar-refractivity contribution >= 4 is 49.3 Å².